The Morgan fingerprint density at radius 2 is 2.05 bits per heavy atom. The highest BCUT2D eigenvalue weighted by atomic mass is 32.2. The third-order valence-corrected chi connectivity index (χ3v) is 5.59. The van der Waals surface area contributed by atoms with E-state index in [1.54, 1.807) is 12.1 Å². The lowest BCUT2D eigenvalue weighted by Gasteiger charge is -2.11. The summed E-state index contributed by atoms with van der Waals surface area (Å²) in [6, 6.07) is 7.75. The van der Waals surface area contributed by atoms with Gasteiger partial charge in [-0.3, -0.25) is 0 Å². The molecule has 0 saturated carbocycles. The van der Waals surface area contributed by atoms with Gasteiger partial charge in [0.1, 0.15) is 0 Å². The quantitative estimate of drug-likeness (QED) is 0.746. The lowest BCUT2D eigenvalue weighted by Crippen LogP contribution is -2.32. The van der Waals surface area contributed by atoms with Crippen molar-refractivity contribution in [3.8, 4) is 0 Å². The maximum Gasteiger partial charge on any atom is 0.178 e. The summed E-state index contributed by atoms with van der Waals surface area (Å²) < 4.78 is 24.4. The summed E-state index contributed by atoms with van der Waals surface area (Å²) in [6.45, 7) is 4.87. The Morgan fingerprint density at radius 3 is 2.65 bits per heavy atom. The molecule has 4 nitrogen and oxygen atoms in total. The van der Waals surface area contributed by atoms with Gasteiger partial charge < -0.3 is 10.6 Å². The molecule has 1 aliphatic rings. The highest BCUT2D eigenvalue weighted by molar-refractivity contribution is 7.91. The van der Waals surface area contributed by atoms with E-state index in [9.17, 15) is 8.42 Å². The van der Waals surface area contributed by atoms with Crippen molar-refractivity contribution in [3.63, 3.8) is 0 Å². The fourth-order valence-corrected chi connectivity index (χ4v) is 3.76. The van der Waals surface area contributed by atoms with Gasteiger partial charge in [-0.05, 0) is 50.0 Å². The molecule has 0 aliphatic carbocycles. The Bertz CT molecular complexity index is 505. The van der Waals surface area contributed by atoms with Crippen LogP contribution in [0.5, 0.6) is 0 Å². The van der Waals surface area contributed by atoms with Crippen molar-refractivity contribution in [2.75, 3.05) is 25.4 Å². The van der Waals surface area contributed by atoms with E-state index in [4.69, 9.17) is 0 Å². The molecule has 0 aromatic heterocycles. The summed E-state index contributed by atoms with van der Waals surface area (Å²) in [5.41, 5.74) is 1.17. The summed E-state index contributed by atoms with van der Waals surface area (Å²) in [5, 5.41) is 6.68. The molecular formula is C15H24N2O2S. The molecule has 20 heavy (non-hydrogen) atoms. The zero-order chi connectivity index (χ0) is 14.4. The van der Waals surface area contributed by atoms with Gasteiger partial charge in [0, 0.05) is 12.6 Å². The zero-order valence-electron chi connectivity index (χ0n) is 12.1. The van der Waals surface area contributed by atoms with Crippen molar-refractivity contribution < 1.29 is 8.42 Å². The number of rotatable bonds is 7. The first-order chi connectivity index (χ1) is 9.62. The smallest absolute Gasteiger partial charge is 0.178 e. The van der Waals surface area contributed by atoms with Crippen LogP contribution < -0.4 is 10.6 Å². The van der Waals surface area contributed by atoms with Crippen molar-refractivity contribution in [3.05, 3.63) is 29.8 Å². The van der Waals surface area contributed by atoms with E-state index in [-0.39, 0.29) is 5.75 Å². The van der Waals surface area contributed by atoms with Crippen LogP contribution in [0.15, 0.2) is 29.2 Å². The predicted octanol–water partition coefficient (Wildman–Crippen LogP) is 1.36. The van der Waals surface area contributed by atoms with E-state index in [0.29, 0.717) is 17.4 Å². The molecule has 112 valence electrons. The monoisotopic (exact) mass is 296 g/mol. The van der Waals surface area contributed by atoms with Crippen molar-refractivity contribution in [1.82, 2.24) is 10.6 Å². The second kappa shape index (κ2) is 7.20. The molecule has 0 bridgehead atoms. The fourth-order valence-electron chi connectivity index (χ4n) is 2.45. The topological polar surface area (TPSA) is 58.2 Å². The highest BCUT2D eigenvalue weighted by Gasteiger charge is 2.16. The standard InChI is InChI=1S/C15H24N2O2S/c1-2-13-4-6-15(7-5-13)20(18,19)11-3-9-17-14-8-10-16-12-14/h4-7,14,16-17H,2-3,8-12H2,1H3. The molecule has 2 N–H and O–H groups in total. The number of sulfone groups is 1. The Labute approximate surface area is 121 Å². The lowest BCUT2D eigenvalue weighted by molar-refractivity contribution is 0.540. The van der Waals surface area contributed by atoms with E-state index < -0.39 is 9.84 Å². The van der Waals surface area contributed by atoms with E-state index in [2.05, 4.69) is 17.6 Å². The van der Waals surface area contributed by atoms with Crippen LogP contribution in [0.25, 0.3) is 0 Å². The molecule has 1 aromatic carbocycles. The first kappa shape index (κ1) is 15.5. The van der Waals surface area contributed by atoms with E-state index in [1.807, 2.05) is 12.1 Å². The predicted molar refractivity (Wildman–Crippen MR) is 81.8 cm³/mol. The van der Waals surface area contributed by atoms with Gasteiger partial charge in [0.15, 0.2) is 9.84 Å². The zero-order valence-corrected chi connectivity index (χ0v) is 12.9. The highest BCUT2D eigenvalue weighted by Crippen LogP contribution is 2.13. The van der Waals surface area contributed by atoms with Crippen LogP contribution >= 0.6 is 0 Å². The van der Waals surface area contributed by atoms with Gasteiger partial charge >= 0.3 is 0 Å². The minimum atomic E-state index is -3.14. The molecule has 5 heteroatoms. The molecule has 0 radical (unpaired) electrons. The second-order valence-corrected chi connectivity index (χ2v) is 7.42. The van der Waals surface area contributed by atoms with Crippen molar-refractivity contribution >= 4 is 9.84 Å². The Balaban J connectivity index is 1.80. The van der Waals surface area contributed by atoms with E-state index in [0.717, 1.165) is 32.5 Å². The van der Waals surface area contributed by atoms with Gasteiger partial charge in [-0.2, -0.15) is 0 Å². The summed E-state index contributed by atoms with van der Waals surface area (Å²) in [6.07, 6.45) is 2.72. The Morgan fingerprint density at radius 1 is 1.30 bits per heavy atom. The van der Waals surface area contributed by atoms with Crippen molar-refractivity contribution in [1.29, 1.82) is 0 Å². The second-order valence-electron chi connectivity index (χ2n) is 5.31. The molecule has 1 saturated heterocycles. The normalized spacial score (nSPS) is 19.4. The molecule has 1 aromatic rings. The van der Waals surface area contributed by atoms with Crippen LogP contribution in [0, 0.1) is 0 Å². The number of hydrogen-bond acceptors (Lipinski definition) is 4. The molecule has 0 amide bonds. The van der Waals surface area contributed by atoms with Crippen LogP contribution in [0.2, 0.25) is 0 Å². The maximum absolute atomic E-state index is 12.2. The largest absolute Gasteiger partial charge is 0.315 e. The van der Waals surface area contributed by atoms with Crippen LogP contribution in [-0.2, 0) is 16.3 Å². The van der Waals surface area contributed by atoms with Gasteiger partial charge in [-0.25, -0.2) is 8.42 Å². The SMILES string of the molecule is CCc1ccc(S(=O)(=O)CCCNC2CCNC2)cc1. The van der Waals surface area contributed by atoms with Crippen LogP contribution in [0.3, 0.4) is 0 Å². The Hall–Kier alpha value is -0.910. The average Bonchev–Trinajstić information content (AvgIpc) is 2.97. The van der Waals surface area contributed by atoms with E-state index in [1.165, 1.54) is 5.56 Å². The Kier molecular flexibility index (Phi) is 5.57. The van der Waals surface area contributed by atoms with Crippen molar-refractivity contribution in [2.24, 2.45) is 0 Å². The molecule has 1 aliphatic heterocycles. The number of hydrogen-bond donors (Lipinski definition) is 2. The first-order valence-electron chi connectivity index (χ1n) is 7.37. The summed E-state index contributed by atoms with van der Waals surface area (Å²) in [4.78, 5) is 0.442. The van der Waals surface area contributed by atoms with Gasteiger partial charge in [-0.15, -0.1) is 0 Å². The minimum absolute atomic E-state index is 0.214. The van der Waals surface area contributed by atoms with Gasteiger partial charge in [-0.1, -0.05) is 19.1 Å². The van der Waals surface area contributed by atoms with Crippen molar-refractivity contribution in [2.45, 2.75) is 37.1 Å². The fraction of sp³-hybridized carbons (Fsp3) is 0.600. The first-order valence-corrected chi connectivity index (χ1v) is 9.03. The maximum atomic E-state index is 12.2. The molecular weight excluding hydrogens is 272 g/mol. The van der Waals surface area contributed by atoms with E-state index >= 15 is 0 Å². The van der Waals surface area contributed by atoms with Gasteiger partial charge in [0.2, 0.25) is 0 Å². The van der Waals surface area contributed by atoms with Crippen LogP contribution in [0.1, 0.15) is 25.3 Å². The summed E-state index contributed by atoms with van der Waals surface area (Å²) in [7, 11) is -3.14. The molecule has 1 unspecified atom stereocenters. The summed E-state index contributed by atoms with van der Waals surface area (Å²) in [5.74, 6) is 0.214. The average molecular weight is 296 g/mol. The van der Waals surface area contributed by atoms with Crippen LogP contribution in [0.4, 0.5) is 0 Å². The lowest BCUT2D eigenvalue weighted by atomic mass is 10.2. The minimum Gasteiger partial charge on any atom is -0.315 e. The molecule has 1 heterocycles. The summed E-state index contributed by atoms with van der Waals surface area (Å²) >= 11 is 0. The number of nitrogens with one attached hydrogen (secondary N) is 2. The van der Waals surface area contributed by atoms with Gasteiger partial charge in [0.05, 0.1) is 10.6 Å². The molecule has 1 fully saturated rings. The third-order valence-electron chi connectivity index (χ3n) is 3.77. The van der Waals surface area contributed by atoms with Crippen LogP contribution in [-0.4, -0.2) is 39.8 Å². The molecule has 2 rings (SSSR count). The number of aryl methyl sites for hydroxylation is 1. The molecule has 0 spiro atoms. The van der Waals surface area contributed by atoms with Gasteiger partial charge in [0.25, 0.3) is 0 Å². The third kappa shape index (κ3) is 4.30. The molecule has 1 atom stereocenters. The number of benzene rings is 1.